The van der Waals surface area contributed by atoms with Gasteiger partial charge in [0.05, 0.1) is 16.8 Å². The SMILES string of the molecule is O=C1CC(Sc2ccccc2Cl)N1. The predicted molar refractivity (Wildman–Crippen MR) is 53.9 cm³/mol. The van der Waals surface area contributed by atoms with Gasteiger partial charge in [-0.1, -0.05) is 35.5 Å². The number of benzene rings is 1. The molecule has 1 aliphatic heterocycles. The highest BCUT2D eigenvalue weighted by Crippen LogP contribution is 2.32. The summed E-state index contributed by atoms with van der Waals surface area (Å²) in [5, 5.41) is 3.73. The highest BCUT2D eigenvalue weighted by Gasteiger charge is 2.26. The summed E-state index contributed by atoms with van der Waals surface area (Å²) in [6.07, 6.45) is 0.593. The fraction of sp³-hybridized carbons (Fsp3) is 0.222. The molecule has 1 amide bonds. The summed E-state index contributed by atoms with van der Waals surface area (Å²) in [4.78, 5) is 11.6. The molecule has 1 aromatic carbocycles. The van der Waals surface area contributed by atoms with E-state index < -0.39 is 0 Å². The van der Waals surface area contributed by atoms with E-state index in [2.05, 4.69) is 5.32 Å². The molecule has 0 bridgehead atoms. The van der Waals surface area contributed by atoms with Gasteiger partial charge in [-0.05, 0) is 12.1 Å². The lowest BCUT2D eigenvalue weighted by Gasteiger charge is -2.26. The molecule has 1 unspecified atom stereocenters. The molecule has 1 aromatic rings. The molecular weight excluding hydrogens is 206 g/mol. The first-order chi connectivity index (χ1) is 6.25. The van der Waals surface area contributed by atoms with Gasteiger partial charge in [0.2, 0.25) is 5.91 Å². The number of nitrogens with one attached hydrogen (secondary N) is 1. The molecule has 4 heteroatoms. The molecule has 68 valence electrons. The van der Waals surface area contributed by atoms with Gasteiger partial charge >= 0.3 is 0 Å². The number of carbonyl (C=O) groups is 1. The molecule has 2 nitrogen and oxygen atoms in total. The molecule has 0 spiro atoms. The van der Waals surface area contributed by atoms with Crippen LogP contribution in [0.1, 0.15) is 6.42 Å². The summed E-state index contributed by atoms with van der Waals surface area (Å²) in [6, 6.07) is 7.64. The van der Waals surface area contributed by atoms with Crippen LogP contribution in [0.2, 0.25) is 5.02 Å². The van der Waals surface area contributed by atoms with Crippen molar-refractivity contribution in [2.45, 2.75) is 16.7 Å². The molecule has 1 fully saturated rings. The van der Waals surface area contributed by atoms with Crippen molar-refractivity contribution in [1.82, 2.24) is 5.32 Å². The van der Waals surface area contributed by atoms with Crippen LogP contribution in [0.4, 0.5) is 0 Å². The Hall–Kier alpha value is -0.670. The van der Waals surface area contributed by atoms with Crippen LogP contribution in [0.3, 0.4) is 0 Å². The quantitative estimate of drug-likeness (QED) is 0.764. The van der Waals surface area contributed by atoms with E-state index in [0.29, 0.717) is 6.42 Å². The Labute approximate surface area is 85.7 Å². The molecule has 1 aliphatic rings. The first-order valence-electron chi connectivity index (χ1n) is 3.96. The smallest absolute Gasteiger partial charge is 0.223 e. The van der Waals surface area contributed by atoms with Crippen molar-refractivity contribution in [1.29, 1.82) is 0 Å². The summed E-state index contributed by atoms with van der Waals surface area (Å²) >= 11 is 7.55. The van der Waals surface area contributed by atoms with Gasteiger partial charge in [-0.15, -0.1) is 0 Å². The van der Waals surface area contributed by atoms with Crippen LogP contribution in [0.25, 0.3) is 0 Å². The number of thioether (sulfide) groups is 1. The zero-order valence-electron chi connectivity index (χ0n) is 6.79. The van der Waals surface area contributed by atoms with Crippen molar-refractivity contribution in [2.24, 2.45) is 0 Å². The highest BCUT2D eigenvalue weighted by atomic mass is 35.5. The first-order valence-corrected chi connectivity index (χ1v) is 5.22. The number of halogens is 1. The second kappa shape index (κ2) is 3.60. The van der Waals surface area contributed by atoms with Gasteiger partial charge in [-0.3, -0.25) is 4.79 Å². The van der Waals surface area contributed by atoms with Crippen LogP contribution in [-0.4, -0.2) is 11.3 Å². The lowest BCUT2D eigenvalue weighted by Crippen LogP contribution is -2.46. The average Bonchev–Trinajstić information content (AvgIpc) is 2.06. The Bertz CT molecular complexity index is 334. The van der Waals surface area contributed by atoms with E-state index in [4.69, 9.17) is 11.6 Å². The molecule has 0 radical (unpaired) electrons. The Balaban J connectivity index is 2.02. The number of β-lactam (4-membered cyclic amide) rings is 1. The van der Waals surface area contributed by atoms with E-state index in [9.17, 15) is 4.79 Å². The van der Waals surface area contributed by atoms with Crippen LogP contribution < -0.4 is 5.32 Å². The van der Waals surface area contributed by atoms with Gasteiger partial charge in [0.25, 0.3) is 0 Å². The number of rotatable bonds is 2. The molecule has 0 saturated carbocycles. The molecule has 1 atom stereocenters. The van der Waals surface area contributed by atoms with Crippen molar-refractivity contribution in [2.75, 3.05) is 0 Å². The van der Waals surface area contributed by atoms with Crippen molar-refractivity contribution >= 4 is 29.3 Å². The van der Waals surface area contributed by atoms with Gasteiger partial charge in [0.15, 0.2) is 0 Å². The topological polar surface area (TPSA) is 29.1 Å². The third-order valence-corrected chi connectivity index (χ3v) is 3.42. The van der Waals surface area contributed by atoms with E-state index in [1.54, 1.807) is 11.8 Å². The predicted octanol–water partition coefficient (Wildman–Crippen LogP) is 2.28. The van der Waals surface area contributed by atoms with Crippen LogP contribution >= 0.6 is 23.4 Å². The third-order valence-electron chi connectivity index (χ3n) is 1.80. The van der Waals surface area contributed by atoms with Crippen LogP contribution in [0, 0.1) is 0 Å². The number of hydrogen-bond acceptors (Lipinski definition) is 2. The Morgan fingerprint density at radius 1 is 1.46 bits per heavy atom. The van der Waals surface area contributed by atoms with Crippen molar-refractivity contribution < 1.29 is 4.79 Å². The Morgan fingerprint density at radius 2 is 2.15 bits per heavy atom. The van der Waals surface area contributed by atoms with Gasteiger partial charge in [0, 0.05) is 4.90 Å². The maximum Gasteiger partial charge on any atom is 0.223 e. The van der Waals surface area contributed by atoms with Crippen molar-refractivity contribution in [3.05, 3.63) is 29.3 Å². The van der Waals surface area contributed by atoms with Crippen LogP contribution in [0.15, 0.2) is 29.2 Å². The van der Waals surface area contributed by atoms with E-state index in [1.807, 2.05) is 24.3 Å². The maximum atomic E-state index is 10.6. The minimum absolute atomic E-state index is 0.115. The third kappa shape index (κ3) is 1.98. The second-order valence-electron chi connectivity index (χ2n) is 2.81. The van der Waals surface area contributed by atoms with Gasteiger partial charge in [0.1, 0.15) is 0 Å². The van der Waals surface area contributed by atoms with E-state index in [1.165, 1.54) is 0 Å². The minimum atomic E-state index is 0.115. The van der Waals surface area contributed by atoms with E-state index in [-0.39, 0.29) is 11.3 Å². The second-order valence-corrected chi connectivity index (χ2v) is 4.46. The summed E-state index contributed by atoms with van der Waals surface area (Å²) in [7, 11) is 0. The fourth-order valence-corrected chi connectivity index (χ4v) is 2.43. The number of carbonyl (C=O) groups excluding carboxylic acids is 1. The minimum Gasteiger partial charge on any atom is -0.343 e. The molecule has 0 aromatic heterocycles. The molecular formula is C9H8ClNOS. The zero-order chi connectivity index (χ0) is 9.26. The summed E-state index contributed by atoms with van der Waals surface area (Å²) in [5.41, 5.74) is 0. The standard InChI is InChI=1S/C9H8ClNOS/c10-6-3-1-2-4-7(6)13-9-5-8(12)11-9/h1-4,9H,5H2,(H,11,12). The lowest BCUT2D eigenvalue weighted by atomic mass is 10.3. The first kappa shape index (κ1) is 8.91. The van der Waals surface area contributed by atoms with Crippen molar-refractivity contribution in [3.63, 3.8) is 0 Å². The van der Waals surface area contributed by atoms with Gasteiger partial charge < -0.3 is 5.32 Å². The molecule has 1 saturated heterocycles. The number of hydrogen-bond donors (Lipinski definition) is 1. The normalized spacial score (nSPS) is 20.7. The summed E-state index contributed by atoms with van der Waals surface area (Å²) < 4.78 is 0. The van der Waals surface area contributed by atoms with Crippen LogP contribution in [-0.2, 0) is 4.79 Å². The van der Waals surface area contributed by atoms with Crippen LogP contribution in [0.5, 0.6) is 0 Å². The summed E-state index contributed by atoms with van der Waals surface area (Å²) in [5.74, 6) is 0.115. The Kier molecular flexibility index (Phi) is 2.47. The zero-order valence-corrected chi connectivity index (χ0v) is 8.36. The average molecular weight is 214 g/mol. The maximum absolute atomic E-state index is 10.6. The number of amides is 1. The molecule has 13 heavy (non-hydrogen) atoms. The van der Waals surface area contributed by atoms with Gasteiger partial charge in [-0.25, -0.2) is 0 Å². The molecule has 0 aliphatic carbocycles. The van der Waals surface area contributed by atoms with E-state index in [0.717, 1.165) is 9.92 Å². The Morgan fingerprint density at radius 3 is 2.77 bits per heavy atom. The van der Waals surface area contributed by atoms with Gasteiger partial charge in [-0.2, -0.15) is 0 Å². The highest BCUT2D eigenvalue weighted by molar-refractivity contribution is 8.00. The molecule has 2 rings (SSSR count). The largest absolute Gasteiger partial charge is 0.343 e. The molecule has 1 heterocycles. The molecule has 1 N–H and O–H groups in total. The van der Waals surface area contributed by atoms with E-state index >= 15 is 0 Å². The van der Waals surface area contributed by atoms with Crippen molar-refractivity contribution in [3.8, 4) is 0 Å². The summed E-state index contributed by atoms with van der Waals surface area (Å²) in [6.45, 7) is 0. The monoisotopic (exact) mass is 213 g/mol. The fourth-order valence-electron chi connectivity index (χ4n) is 1.09. The lowest BCUT2D eigenvalue weighted by molar-refractivity contribution is -0.126.